The van der Waals surface area contributed by atoms with E-state index in [1.807, 2.05) is 32.0 Å². The number of nitrogens with one attached hydrogen (secondary N) is 1. The molecule has 1 aliphatic rings. The molecular weight excluding hydrogens is 267 g/mol. The zero-order valence-corrected chi connectivity index (χ0v) is 12.5. The van der Waals surface area contributed by atoms with E-state index in [-0.39, 0.29) is 5.82 Å². The minimum atomic E-state index is -0.248. The number of benzene rings is 1. The number of hydrogen-bond acceptors (Lipinski definition) is 4. The fourth-order valence-corrected chi connectivity index (χ4v) is 2.42. The van der Waals surface area contributed by atoms with Crippen molar-refractivity contribution in [1.82, 2.24) is 9.97 Å². The Morgan fingerprint density at radius 3 is 2.67 bits per heavy atom. The first-order valence-electron chi connectivity index (χ1n) is 7.15. The molecule has 1 N–H and O–H groups in total. The van der Waals surface area contributed by atoms with E-state index in [9.17, 15) is 4.39 Å². The summed E-state index contributed by atoms with van der Waals surface area (Å²) in [5, 5.41) is 3.12. The lowest BCUT2D eigenvalue weighted by molar-refractivity contribution is 0.628. The van der Waals surface area contributed by atoms with Crippen LogP contribution < -0.4 is 10.2 Å². The molecule has 0 saturated heterocycles. The highest BCUT2D eigenvalue weighted by Gasteiger charge is 2.28. The van der Waals surface area contributed by atoms with Crippen molar-refractivity contribution in [2.75, 3.05) is 24.3 Å². The van der Waals surface area contributed by atoms with E-state index < -0.39 is 0 Å². The predicted molar refractivity (Wildman–Crippen MR) is 82.8 cm³/mol. The van der Waals surface area contributed by atoms with E-state index in [0.29, 0.717) is 5.92 Å². The van der Waals surface area contributed by atoms with Crippen molar-refractivity contribution in [3.05, 3.63) is 41.5 Å². The standard InChI is InChI=1S/C16H19FN4/c1-10-14(18-2)19-15(11-7-8-11)20-16(10)21(3)13-6-4-5-12(17)9-13/h4-6,9,11H,7-8H2,1-3H3,(H,18,19,20). The van der Waals surface area contributed by atoms with Gasteiger partial charge in [-0.1, -0.05) is 6.07 Å². The number of hydrogen-bond donors (Lipinski definition) is 1. The average molecular weight is 286 g/mol. The van der Waals surface area contributed by atoms with Gasteiger partial charge in [0.2, 0.25) is 0 Å². The Kier molecular flexibility index (Phi) is 3.49. The molecule has 3 rings (SSSR count). The van der Waals surface area contributed by atoms with Gasteiger partial charge in [0, 0.05) is 31.3 Å². The summed E-state index contributed by atoms with van der Waals surface area (Å²) in [7, 11) is 3.76. The third kappa shape index (κ3) is 2.68. The predicted octanol–water partition coefficient (Wildman–Crippen LogP) is 3.61. The Morgan fingerprint density at radius 2 is 2.05 bits per heavy atom. The Balaban J connectivity index is 2.05. The first kappa shape index (κ1) is 13.8. The summed E-state index contributed by atoms with van der Waals surface area (Å²) in [6.07, 6.45) is 2.30. The van der Waals surface area contributed by atoms with Crippen LogP contribution in [0.3, 0.4) is 0 Å². The van der Waals surface area contributed by atoms with Gasteiger partial charge in [-0.2, -0.15) is 0 Å². The molecule has 5 heteroatoms. The van der Waals surface area contributed by atoms with Crippen molar-refractivity contribution in [3.8, 4) is 0 Å². The second-order valence-corrected chi connectivity index (χ2v) is 5.44. The maximum atomic E-state index is 13.4. The number of rotatable bonds is 4. The number of aromatic nitrogens is 2. The molecule has 0 amide bonds. The van der Waals surface area contributed by atoms with E-state index in [1.54, 1.807) is 6.07 Å². The lowest BCUT2D eigenvalue weighted by Gasteiger charge is -2.22. The summed E-state index contributed by atoms with van der Waals surface area (Å²) < 4.78 is 13.4. The van der Waals surface area contributed by atoms with Crippen molar-refractivity contribution in [2.24, 2.45) is 0 Å². The van der Waals surface area contributed by atoms with Gasteiger partial charge >= 0.3 is 0 Å². The van der Waals surface area contributed by atoms with Gasteiger partial charge in [0.05, 0.1) is 0 Å². The van der Waals surface area contributed by atoms with Crippen LogP contribution in [0.1, 0.15) is 30.1 Å². The zero-order chi connectivity index (χ0) is 15.0. The van der Waals surface area contributed by atoms with Crippen LogP contribution in [0.2, 0.25) is 0 Å². The van der Waals surface area contributed by atoms with Crippen molar-refractivity contribution < 1.29 is 4.39 Å². The first-order valence-corrected chi connectivity index (χ1v) is 7.15. The van der Waals surface area contributed by atoms with Crippen LogP contribution in [0.4, 0.5) is 21.7 Å². The highest BCUT2D eigenvalue weighted by molar-refractivity contribution is 5.66. The molecule has 1 fully saturated rings. The van der Waals surface area contributed by atoms with Gasteiger partial charge in [-0.15, -0.1) is 0 Å². The summed E-state index contributed by atoms with van der Waals surface area (Å²) in [4.78, 5) is 11.2. The minimum Gasteiger partial charge on any atom is -0.373 e. The van der Waals surface area contributed by atoms with Gasteiger partial charge < -0.3 is 10.2 Å². The number of anilines is 3. The Morgan fingerprint density at radius 1 is 1.29 bits per heavy atom. The zero-order valence-electron chi connectivity index (χ0n) is 12.5. The molecule has 110 valence electrons. The van der Waals surface area contributed by atoms with Crippen LogP contribution in [0.5, 0.6) is 0 Å². The highest BCUT2D eigenvalue weighted by Crippen LogP contribution is 2.40. The summed E-state index contributed by atoms with van der Waals surface area (Å²) in [5.74, 6) is 2.76. The van der Waals surface area contributed by atoms with Crippen LogP contribution in [-0.4, -0.2) is 24.1 Å². The van der Waals surface area contributed by atoms with Crippen LogP contribution >= 0.6 is 0 Å². The fraction of sp³-hybridized carbons (Fsp3) is 0.375. The number of nitrogens with zero attached hydrogens (tertiary/aromatic N) is 3. The van der Waals surface area contributed by atoms with E-state index in [2.05, 4.69) is 10.3 Å². The third-order valence-electron chi connectivity index (χ3n) is 3.83. The molecule has 1 aromatic heterocycles. The molecular formula is C16H19FN4. The van der Waals surface area contributed by atoms with Gasteiger partial charge in [0.25, 0.3) is 0 Å². The molecule has 0 bridgehead atoms. The highest BCUT2D eigenvalue weighted by atomic mass is 19.1. The fourth-order valence-electron chi connectivity index (χ4n) is 2.42. The molecule has 1 heterocycles. The second kappa shape index (κ2) is 5.31. The van der Waals surface area contributed by atoms with Gasteiger partial charge in [-0.05, 0) is 38.0 Å². The second-order valence-electron chi connectivity index (χ2n) is 5.44. The summed E-state index contributed by atoms with van der Waals surface area (Å²) in [6, 6.07) is 6.54. The van der Waals surface area contributed by atoms with Gasteiger partial charge in [0.1, 0.15) is 23.3 Å². The van der Waals surface area contributed by atoms with Crippen LogP contribution in [0.15, 0.2) is 24.3 Å². The molecule has 4 nitrogen and oxygen atoms in total. The Labute approximate surface area is 124 Å². The maximum Gasteiger partial charge on any atom is 0.141 e. The lowest BCUT2D eigenvalue weighted by Crippen LogP contribution is -2.16. The van der Waals surface area contributed by atoms with Crippen molar-refractivity contribution >= 4 is 17.3 Å². The molecule has 0 atom stereocenters. The van der Waals surface area contributed by atoms with Crippen molar-refractivity contribution in [1.29, 1.82) is 0 Å². The van der Waals surface area contributed by atoms with Crippen LogP contribution in [0, 0.1) is 12.7 Å². The lowest BCUT2D eigenvalue weighted by atomic mass is 10.2. The molecule has 0 radical (unpaired) electrons. The average Bonchev–Trinajstić information content (AvgIpc) is 3.31. The van der Waals surface area contributed by atoms with Crippen molar-refractivity contribution in [3.63, 3.8) is 0 Å². The van der Waals surface area contributed by atoms with Crippen LogP contribution in [0.25, 0.3) is 0 Å². The SMILES string of the molecule is CNc1nc(C2CC2)nc(N(C)c2cccc(F)c2)c1C. The summed E-state index contributed by atoms with van der Waals surface area (Å²) in [5.41, 5.74) is 1.74. The molecule has 2 aromatic rings. The normalized spacial score (nSPS) is 14.1. The molecule has 0 spiro atoms. The largest absolute Gasteiger partial charge is 0.373 e. The van der Waals surface area contributed by atoms with Gasteiger partial charge in [-0.25, -0.2) is 14.4 Å². The summed E-state index contributed by atoms with van der Waals surface area (Å²) >= 11 is 0. The first-order chi connectivity index (χ1) is 10.1. The van der Waals surface area contributed by atoms with E-state index in [1.165, 1.54) is 12.1 Å². The minimum absolute atomic E-state index is 0.248. The van der Waals surface area contributed by atoms with Crippen molar-refractivity contribution in [2.45, 2.75) is 25.7 Å². The smallest absolute Gasteiger partial charge is 0.141 e. The van der Waals surface area contributed by atoms with E-state index in [0.717, 1.165) is 41.6 Å². The van der Waals surface area contributed by atoms with Gasteiger partial charge in [-0.3, -0.25) is 0 Å². The molecule has 0 unspecified atom stereocenters. The third-order valence-corrected chi connectivity index (χ3v) is 3.83. The molecule has 1 aliphatic carbocycles. The molecule has 0 aliphatic heterocycles. The Bertz CT molecular complexity index is 667. The monoisotopic (exact) mass is 286 g/mol. The summed E-state index contributed by atoms with van der Waals surface area (Å²) in [6.45, 7) is 1.98. The number of halogens is 1. The van der Waals surface area contributed by atoms with E-state index >= 15 is 0 Å². The molecule has 1 saturated carbocycles. The topological polar surface area (TPSA) is 41.1 Å². The van der Waals surface area contributed by atoms with Crippen LogP contribution in [-0.2, 0) is 0 Å². The maximum absolute atomic E-state index is 13.4. The molecule has 21 heavy (non-hydrogen) atoms. The quantitative estimate of drug-likeness (QED) is 0.932. The Hall–Kier alpha value is -2.17. The van der Waals surface area contributed by atoms with E-state index in [4.69, 9.17) is 4.98 Å². The van der Waals surface area contributed by atoms with Gasteiger partial charge in [0.15, 0.2) is 0 Å². The molecule has 1 aromatic carbocycles.